The zero-order valence-electron chi connectivity index (χ0n) is 12.3. The number of Topliss-reactive ketones (excluding diaryl/α,β-unsaturated/α-hetero) is 1. The van der Waals surface area contributed by atoms with Crippen molar-refractivity contribution in [1.29, 1.82) is 0 Å². The second-order valence-electron chi connectivity index (χ2n) is 6.05. The highest BCUT2D eigenvalue weighted by atomic mass is 16.2. The van der Waals surface area contributed by atoms with Crippen molar-refractivity contribution >= 4 is 17.4 Å². The summed E-state index contributed by atoms with van der Waals surface area (Å²) in [6.07, 6.45) is 3.49. The molecule has 4 rings (SSSR count). The fourth-order valence-electron chi connectivity index (χ4n) is 3.62. The summed E-state index contributed by atoms with van der Waals surface area (Å²) < 4.78 is 0. The van der Waals surface area contributed by atoms with Gasteiger partial charge in [0.25, 0.3) is 0 Å². The number of hydrogen-bond acceptors (Lipinski definition) is 3. The van der Waals surface area contributed by atoms with E-state index in [0.29, 0.717) is 19.3 Å². The van der Waals surface area contributed by atoms with Crippen LogP contribution >= 0.6 is 0 Å². The Morgan fingerprint density at radius 2 is 2.09 bits per heavy atom. The number of ketones is 1. The summed E-state index contributed by atoms with van der Waals surface area (Å²) >= 11 is 0. The van der Waals surface area contributed by atoms with E-state index in [-0.39, 0.29) is 11.7 Å². The number of nitrogens with one attached hydrogen (secondary N) is 1. The Kier molecular flexibility index (Phi) is 2.70. The molecule has 0 saturated heterocycles. The summed E-state index contributed by atoms with van der Waals surface area (Å²) in [6.45, 7) is 1.86. The smallest absolute Gasteiger partial charge is 0.237 e. The van der Waals surface area contributed by atoms with Crippen LogP contribution in [0, 0.1) is 0 Å². The number of anilines is 1. The fraction of sp³-hybridized carbons (Fsp3) is 0.278. The van der Waals surface area contributed by atoms with Gasteiger partial charge in [-0.25, -0.2) is 0 Å². The molecule has 1 aliphatic carbocycles. The van der Waals surface area contributed by atoms with Gasteiger partial charge in [0.2, 0.25) is 5.91 Å². The molecule has 2 aromatic rings. The molecule has 0 saturated carbocycles. The third kappa shape index (κ3) is 1.67. The topological polar surface area (TPSA) is 59.1 Å². The van der Waals surface area contributed by atoms with E-state index in [1.54, 1.807) is 6.20 Å². The molecule has 1 amide bonds. The number of hydrogen-bond donors (Lipinski definition) is 1. The Labute approximate surface area is 128 Å². The van der Waals surface area contributed by atoms with Gasteiger partial charge in [0.05, 0.1) is 11.4 Å². The van der Waals surface area contributed by atoms with E-state index in [9.17, 15) is 9.59 Å². The SMILES string of the molecule is CCC(=O)c1ccc2c(c1)CC1(C2)C(=O)Nc2cccnc21. The van der Waals surface area contributed by atoms with E-state index in [0.717, 1.165) is 28.1 Å². The highest BCUT2D eigenvalue weighted by Gasteiger charge is 2.51. The van der Waals surface area contributed by atoms with Gasteiger partial charge in [0.1, 0.15) is 5.41 Å². The van der Waals surface area contributed by atoms with E-state index >= 15 is 0 Å². The van der Waals surface area contributed by atoms with Crippen molar-refractivity contribution in [2.75, 3.05) is 5.32 Å². The van der Waals surface area contributed by atoms with Gasteiger partial charge < -0.3 is 5.32 Å². The summed E-state index contributed by atoms with van der Waals surface area (Å²) in [4.78, 5) is 28.9. The maximum Gasteiger partial charge on any atom is 0.237 e. The molecule has 0 radical (unpaired) electrons. The fourth-order valence-corrected chi connectivity index (χ4v) is 3.62. The minimum atomic E-state index is -0.604. The molecular formula is C18H16N2O2. The van der Waals surface area contributed by atoms with Crippen LogP contribution in [-0.4, -0.2) is 16.7 Å². The van der Waals surface area contributed by atoms with Gasteiger partial charge >= 0.3 is 0 Å². The van der Waals surface area contributed by atoms with Crippen molar-refractivity contribution in [3.63, 3.8) is 0 Å². The zero-order valence-corrected chi connectivity index (χ0v) is 12.3. The standard InChI is InChI=1S/C18H16N2O2/c1-2-15(21)11-5-6-12-9-18(10-13(12)8-11)16-14(20-17(18)22)4-3-7-19-16/h3-8H,2,9-10H2,1H3,(H,20,22). The Morgan fingerprint density at radius 3 is 2.91 bits per heavy atom. The van der Waals surface area contributed by atoms with Crippen LogP contribution < -0.4 is 5.32 Å². The third-order valence-corrected chi connectivity index (χ3v) is 4.78. The first-order chi connectivity index (χ1) is 10.6. The van der Waals surface area contributed by atoms with Gasteiger partial charge in [-0.1, -0.05) is 19.1 Å². The first-order valence-electron chi connectivity index (χ1n) is 7.56. The van der Waals surface area contributed by atoms with Gasteiger partial charge in [0, 0.05) is 18.2 Å². The summed E-state index contributed by atoms with van der Waals surface area (Å²) in [5.74, 6) is 0.152. The maximum atomic E-state index is 12.6. The van der Waals surface area contributed by atoms with Crippen LogP contribution in [0.15, 0.2) is 36.5 Å². The lowest BCUT2D eigenvalue weighted by Crippen LogP contribution is -2.35. The molecule has 0 fully saturated rings. The number of nitrogens with zero attached hydrogens (tertiary/aromatic N) is 1. The van der Waals surface area contributed by atoms with Crippen molar-refractivity contribution in [3.05, 3.63) is 58.9 Å². The van der Waals surface area contributed by atoms with Crippen molar-refractivity contribution in [3.8, 4) is 0 Å². The number of fused-ring (bicyclic) bond motifs is 3. The molecule has 1 aromatic carbocycles. The highest BCUT2D eigenvalue weighted by molar-refractivity contribution is 6.06. The van der Waals surface area contributed by atoms with Crippen molar-refractivity contribution in [1.82, 2.24) is 4.98 Å². The number of aromatic nitrogens is 1. The molecule has 4 nitrogen and oxygen atoms in total. The van der Waals surface area contributed by atoms with Crippen LogP contribution in [0.1, 0.15) is 40.5 Å². The molecule has 0 bridgehead atoms. The Morgan fingerprint density at radius 1 is 1.27 bits per heavy atom. The van der Waals surface area contributed by atoms with Crippen LogP contribution in [0.4, 0.5) is 5.69 Å². The molecule has 22 heavy (non-hydrogen) atoms. The monoisotopic (exact) mass is 292 g/mol. The van der Waals surface area contributed by atoms with Crippen LogP contribution in [-0.2, 0) is 23.1 Å². The lowest BCUT2D eigenvalue weighted by atomic mass is 9.82. The number of pyridine rings is 1. The minimum Gasteiger partial charge on any atom is -0.324 e. The number of carbonyl (C=O) groups excluding carboxylic acids is 2. The molecule has 110 valence electrons. The summed E-state index contributed by atoms with van der Waals surface area (Å²) in [5.41, 5.74) is 4.00. The lowest BCUT2D eigenvalue weighted by Gasteiger charge is -2.19. The van der Waals surface area contributed by atoms with Crippen molar-refractivity contribution in [2.24, 2.45) is 0 Å². The molecule has 2 heterocycles. The van der Waals surface area contributed by atoms with Crippen molar-refractivity contribution < 1.29 is 9.59 Å². The molecule has 1 N–H and O–H groups in total. The first kappa shape index (κ1) is 13.2. The van der Waals surface area contributed by atoms with Gasteiger partial charge in [0.15, 0.2) is 5.78 Å². The van der Waals surface area contributed by atoms with Gasteiger partial charge in [-0.15, -0.1) is 0 Å². The molecule has 4 heteroatoms. The van der Waals surface area contributed by atoms with E-state index < -0.39 is 5.41 Å². The van der Waals surface area contributed by atoms with E-state index in [1.165, 1.54) is 0 Å². The average molecular weight is 292 g/mol. The Hall–Kier alpha value is -2.49. The van der Waals surface area contributed by atoms with Crippen molar-refractivity contribution in [2.45, 2.75) is 31.6 Å². The van der Waals surface area contributed by atoms with Gasteiger partial charge in [-0.2, -0.15) is 0 Å². The molecule has 1 aliphatic heterocycles. The third-order valence-electron chi connectivity index (χ3n) is 4.78. The number of rotatable bonds is 2. The number of benzene rings is 1. The van der Waals surface area contributed by atoms with E-state index in [2.05, 4.69) is 10.3 Å². The van der Waals surface area contributed by atoms with Crippen LogP contribution in [0.3, 0.4) is 0 Å². The second-order valence-corrected chi connectivity index (χ2v) is 6.05. The lowest BCUT2D eigenvalue weighted by molar-refractivity contribution is -0.120. The van der Waals surface area contributed by atoms with Crippen LogP contribution in [0.2, 0.25) is 0 Å². The minimum absolute atomic E-state index is 0.0146. The number of carbonyl (C=O) groups is 2. The molecule has 1 unspecified atom stereocenters. The molecule has 1 atom stereocenters. The molecule has 1 aromatic heterocycles. The van der Waals surface area contributed by atoms with Crippen LogP contribution in [0.5, 0.6) is 0 Å². The van der Waals surface area contributed by atoms with Gasteiger partial charge in [-0.3, -0.25) is 14.6 Å². The Balaban J connectivity index is 1.79. The number of amides is 1. The Bertz CT molecular complexity index is 812. The zero-order chi connectivity index (χ0) is 15.3. The highest BCUT2D eigenvalue weighted by Crippen LogP contribution is 2.46. The summed E-state index contributed by atoms with van der Waals surface area (Å²) in [6, 6.07) is 9.53. The second kappa shape index (κ2) is 4.50. The summed E-state index contributed by atoms with van der Waals surface area (Å²) in [7, 11) is 0. The quantitative estimate of drug-likeness (QED) is 0.866. The maximum absolute atomic E-state index is 12.6. The normalized spacial score (nSPS) is 21.6. The van der Waals surface area contributed by atoms with E-state index in [4.69, 9.17) is 0 Å². The average Bonchev–Trinajstić information content (AvgIpc) is 3.05. The summed E-state index contributed by atoms with van der Waals surface area (Å²) in [5, 5.41) is 2.95. The van der Waals surface area contributed by atoms with E-state index in [1.807, 2.05) is 37.3 Å². The predicted octanol–water partition coefficient (Wildman–Crippen LogP) is 2.66. The van der Waals surface area contributed by atoms with Gasteiger partial charge in [-0.05, 0) is 42.2 Å². The molecule has 1 spiro atoms. The largest absolute Gasteiger partial charge is 0.324 e. The van der Waals surface area contributed by atoms with Crippen LogP contribution in [0.25, 0.3) is 0 Å². The first-order valence-corrected chi connectivity index (χ1v) is 7.56. The molecule has 2 aliphatic rings. The molecular weight excluding hydrogens is 276 g/mol. The predicted molar refractivity (Wildman–Crippen MR) is 83.0 cm³/mol.